The predicted molar refractivity (Wildman–Crippen MR) is 101 cm³/mol. The third kappa shape index (κ3) is 2.57. The number of benzene rings is 2. The van der Waals surface area contributed by atoms with E-state index in [0.717, 1.165) is 21.9 Å². The number of fused-ring (bicyclic) bond motifs is 1. The van der Waals surface area contributed by atoms with Crippen molar-refractivity contribution >= 4 is 27.5 Å². The number of carbonyl (C=O) groups is 1. The van der Waals surface area contributed by atoms with Gasteiger partial charge in [0.25, 0.3) is 10.0 Å². The van der Waals surface area contributed by atoms with Crippen molar-refractivity contribution in [2.75, 3.05) is 6.54 Å². The maximum atomic E-state index is 13.4. The summed E-state index contributed by atoms with van der Waals surface area (Å²) in [6, 6.07) is 13.9. The maximum Gasteiger partial charge on any atom is 0.266 e. The highest BCUT2D eigenvalue weighted by molar-refractivity contribution is 7.89. The van der Waals surface area contributed by atoms with Gasteiger partial charge in [-0.2, -0.15) is 0 Å². The van der Waals surface area contributed by atoms with E-state index in [9.17, 15) is 13.2 Å². The van der Waals surface area contributed by atoms with Gasteiger partial charge in [0.2, 0.25) is 5.91 Å². The Morgan fingerprint density at radius 3 is 2.50 bits per heavy atom. The molecule has 1 amide bonds. The summed E-state index contributed by atoms with van der Waals surface area (Å²) < 4.78 is 27.4. The highest BCUT2D eigenvalue weighted by atomic mass is 35.5. The van der Waals surface area contributed by atoms with Crippen molar-refractivity contribution in [3.63, 3.8) is 0 Å². The summed E-state index contributed by atoms with van der Waals surface area (Å²) in [5.74, 6) is -0.179. The van der Waals surface area contributed by atoms with Crippen LogP contribution in [0.15, 0.2) is 53.4 Å². The summed E-state index contributed by atoms with van der Waals surface area (Å²) in [6.45, 7) is 2.12. The third-order valence-corrected chi connectivity index (χ3v) is 7.72. The molecule has 26 heavy (non-hydrogen) atoms. The summed E-state index contributed by atoms with van der Waals surface area (Å²) in [4.78, 5) is 13.6. The van der Waals surface area contributed by atoms with Gasteiger partial charge in [0.05, 0.1) is 10.3 Å². The first-order valence-corrected chi connectivity index (χ1v) is 10.6. The van der Waals surface area contributed by atoms with Crippen LogP contribution in [-0.2, 0) is 20.2 Å². The molecule has 0 bridgehead atoms. The van der Waals surface area contributed by atoms with Crippen LogP contribution in [0, 0.1) is 12.8 Å². The third-order valence-electron chi connectivity index (χ3n) is 5.59. The molecule has 4 rings (SSSR count). The van der Waals surface area contributed by atoms with Gasteiger partial charge in [-0.25, -0.2) is 12.7 Å². The van der Waals surface area contributed by atoms with Gasteiger partial charge >= 0.3 is 0 Å². The van der Waals surface area contributed by atoms with Gasteiger partial charge in [0, 0.05) is 11.6 Å². The van der Waals surface area contributed by atoms with Crippen LogP contribution >= 0.6 is 11.6 Å². The predicted octanol–water partition coefficient (Wildman–Crippen LogP) is 3.92. The first-order chi connectivity index (χ1) is 12.4. The molecule has 2 aromatic carbocycles. The van der Waals surface area contributed by atoms with E-state index in [1.165, 1.54) is 0 Å². The summed E-state index contributed by atoms with van der Waals surface area (Å²) in [7, 11) is -3.88. The molecule has 0 N–H and O–H groups in total. The van der Waals surface area contributed by atoms with Crippen molar-refractivity contribution in [2.24, 2.45) is 5.92 Å². The number of amides is 1. The minimum atomic E-state index is -3.88. The van der Waals surface area contributed by atoms with Crippen LogP contribution in [-0.4, -0.2) is 25.2 Å². The fourth-order valence-electron chi connectivity index (χ4n) is 4.08. The molecule has 0 spiro atoms. The zero-order valence-electron chi connectivity index (χ0n) is 14.5. The Balaban J connectivity index is 1.78. The normalized spacial score (nSPS) is 25.5. The molecule has 2 aliphatic rings. The molecule has 2 fully saturated rings. The lowest BCUT2D eigenvalue weighted by atomic mass is 9.91. The fourth-order valence-corrected chi connectivity index (χ4v) is 5.87. The van der Waals surface area contributed by atoms with E-state index in [2.05, 4.69) is 0 Å². The van der Waals surface area contributed by atoms with E-state index < -0.39 is 15.4 Å². The molecule has 1 saturated heterocycles. The summed E-state index contributed by atoms with van der Waals surface area (Å²) >= 11 is 6.37. The second kappa shape index (κ2) is 6.10. The Morgan fingerprint density at radius 1 is 1.12 bits per heavy atom. The smallest absolute Gasteiger partial charge is 0.266 e. The standard InChI is InChI=1S/C20H20ClNO3S/c1-14-8-10-16(11-9-14)26(24,25)22-12-4-5-15-13-20(15,19(22)23)17-6-2-3-7-18(17)21/h2-3,6-11,15H,4-5,12-13H2,1H3/t15-,20+/m0/s1. The molecule has 1 aliphatic carbocycles. The zero-order chi connectivity index (χ0) is 18.5. The van der Waals surface area contributed by atoms with Crippen molar-refractivity contribution in [1.82, 2.24) is 4.31 Å². The molecular formula is C20H20ClNO3S. The van der Waals surface area contributed by atoms with Gasteiger partial charge in [-0.1, -0.05) is 47.5 Å². The highest BCUT2D eigenvalue weighted by Gasteiger charge is 2.64. The Bertz CT molecular complexity index is 971. The lowest BCUT2D eigenvalue weighted by Crippen LogP contribution is -2.43. The van der Waals surface area contributed by atoms with Crippen molar-refractivity contribution in [3.05, 3.63) is 64.7 Å². The number of carbonyl (C=O) groups excluding carboxylic acids is 1. The van der Waals surface area contributed by atoms with Gasteiger partial charge < -0.3 is 0 Å². The van der Waals surface area contributed by atoms with Crippen LogP contribution in [0.1, 0.15) is 30.4 Å². The average molecular weight is 390 g/mol. The van der Waals surface area contributed by atoms with Gasteiger partial charge in [0.15, 0.2) is 0 Å². The quantitative estimate of drug-likeness (QED) is 0.799. The van der Waals surface area contributed by atoms with E-state index in [-0.39, 0.29) is 23.3 Å². The monoisotopic (exact) mass is 389 g/mol. The topological polar surface area (TPSA) is 54.5 Å². The second-order valence-electron chi connectivity index (χ2n) is 7.19. The van der Waals surface area contributed by atoms with Crippen LogP contribution < -0.4 is 0 Å². The van der Waals surface area contributed by atoms with Gasteiger partial charge in [-0.15, -0.1) is 0 Å². The molecule has 1 heterocycles. The lowest BCUT2D eigenvalue weighted by Gasteiger charge is -2.26. The van der Waals surface area contributed by atoms with Crippen LogP contribution in [0.5, 0.6) is 0 Å². The number of rotatable bonds is 3. The zero-order valence-corrected chi connectivity index (χ0v) is 16.1. The average Bonchev–Trinajstić information content (AvgIpc) is 3.35. The fraction of sp³-hybridized carbons (Fsp3) is 0.350. The van der Waals surface area contributed by atoms with E-state index in [4.69, 9.17) is 11.6 Å². The van der Waals surface area contributed by atoms with E-state index in [1.54, 1.807) is 30.3 Å². The second-order valence-corrected chi connectivity index (χ2v) is 9.46. The Labute approximate surface area is 158 Å². The largest absolute Gasteiger partial charge is 0.273 e. The van der Waals surface area contributed by atoms with Crippen molar-refractivity contribution < 1.29 is 13.2 Å². The molecule has 0 unspecified atom stereocenters. The maximum absolute atomic E-state index is 13.4. The van der Waals surface area contributed by atoms with Crippen molar-refractivity contribution in [2.45, 2.75) is 36.5 Å². The van der Waals surface area contributed by atoms with Gasteiger partial charge in [-0.3, -0.25) is 4.79 Å². The van der Waals surface area contributed by atoms with Gasteiger partial charge in [0.1, 0.15) is 0 Å². The first-order valence-electron chi connectivity index (χ1n) is 8.76. The lowest BCUT2D eigenvalue weighted by molar-refractivity contribution is -0.129. The van der Waals surface area contributed by atoms with E-state index >= 15 is 0 Å². The molecule has 1 aliphatic heterocycles. The molecule has 4 nitrogen and oxygen atoms in total. The number of aryl methyl sites for hydroxylation is 1. The van der Waals surface area contributed by atoms with Crippen molar-refractivity contribution in [3.8, 4) is 0 Å². The van der Waals surface area contributed by atoms with Crippen LogP contribution in [0.4, 0.5) is 0 Å². The summed E-state index contributed by atoms with van der Waals surface area (Å²) in [5.41, 5.74) is 0.927. The molecule has 2 atom stereocenters. The number of hydrogen-bond acceptors (Lipinski definition) is 3. The van der Waals surface area contributed by atoms with Crippen LogP contribution in [0.25, 0.3) is 0 Å². The minimum Gasteiger partial charge on any atom is -0.273 e. The highest BCUT2D eigenvalue weighted by Crippen LogP contribution is 2.60. The minimum absolute atomic E-state index is 0.157. The molecular weight excluding hydrogens is 370 g/mol. The molecule has 1 saturated carbocycles. The molecule has 2 aromatic rings. The van der Waals surface area contributed by atoms with Crippen LogP contribution in [0.2, 0.25) is 5.02 Å². The Morgan fingerprint density at radius 2 is 1.81 bits per heavy atom. The molecule has 136 valence electrons. The number of hydrogen-bond donors (Lipinski definition) is 0. The number of sulfonamides is 1. The van der Waals surface area contributed by atoms with Crippen molar-refractivity contribution in [1.29, 1.82) is 0 Å². The number of halogens is 1. The summed E-state index contributed by atoms with van der Waals surface area (Å²) in [5, 5.41) is 0.526. The summed E-state index contributed by atoms with van der Waals surface area (Å²) in [6.07, 6.45) is 2.17. The van der Waals surface area contributed by atoms with Crippen LogP contribution in [0.3, 0.4) is 0 Å². The molecule has 6 heteroatoms. The SMILES string of the molecule is Cc1ccc(S(=O)(=O)N2CCC[C@H]3C[C@@]3(c3ccccc3Cl)C2=O)cc1. The molecule has 0 radical (unpaired) electrons. The van der Waals surface area contributed by atoms with Gasteiger partial charge in [-0.05, 0) is 55.9 Å². The van der Waals surface area contributed by atoms with E-state index in [1.807, 2.05) is 25.1 Å². The first kappa shape index (κ1) is 17.6. The number of nitrogens with zero attached hydrogens (tertiary/aromatic N) is 1. The Hall–Kier alpha value is -1.85. The Kier molecular flexibility index (Phi) is 4.12. The molecule has 0 aromatic heterocycles. The van der Waals surface area contributed by atoms with E-state index in [0.29, 0.717) is 17.9 Å².